The molecule has 26 heavy (non-hydrogen) atoms. The van der Waals surface area contributed by atoms with Gasteiger partial charge < -0.3 is 10.0 Å². The lowest BCUT2D eigenvalue weighted by molar-refractivity contribution is -0.119. The Labute approximate surface area is 163 Å². The molecular formula is C23H45NO2. The lowest BCUT2D eigenvalue weighted by Crippen LogP contribution is -2.24. The summed E-state index contributed by atoms with van der Waals surface area (Å²) in [6, 6.07) is 0. The summed E-state index contributed by atoms with van der Waals surface area (Å²) in [7, 11) is 1.95. The van der Waals surface area contributed by atoms with Gasteiger partial charge in [0.1, 0.15) is 5.78 Å². The van der Waals surface area contributed by atoms with Gasteiger partial charge >= 0.3 is 0 Å². The van der Waals surface area contributed by atoms with Crippen molar-refractivity contribution in [3.8, 4) is 0 Å². The van der Waals surface area contributed by atoms with Crippen LogP contribution in [0.25, 0.3) is 0 Å². The lowest BCUT2D eigenvalue weighted by atomic mass is 10.1. The maximum atomic E-state index is 11.8. The molecule has 0 amide bonds. The third kappa shape index (κ3) is 19.7. The summed E-state index contributed by atoms with van der Waals surface area (Å²) >= 11 is 0. The van der Waals surface area contributed by atoms with Gasteiger partial charge in [-0.3, -0.25) is 4.79 Å². The van der Waals surface area contributed by atoms with Crippen molar-refractivity contribution in [2.24, 2.45) is 0 Å². The predicted octanol–water partition coefficient (Wildman–Crippen LogP) is 5.91. The maximum absolute atomic E-state index is 11.8. The van der Waals surface area contributed by atoms with Crippen LogP contribution in [0.15, 0.2) is 12.2 Å². The van der Waals surface area contributed by atoms with Crippen molar-refractivity contribution in [3.63, 3.8) is 0 Å². The van der Waals surface area contributed by atoms with E-state index in [9.17, 15) is 4.79 Å². The Bertz CT molecular complexity index is 328. The lowest BCUT2D eigenvalue weighted by Gasteiger charge is -2.13. The normalized spacial score (nSPS) is 11.7. The summed E-state index contributed by atoms with van der Waals surface area (Å²) in [6.45, 7) is 3.85. The van der Waals surface area contributed by atoms with Gasteiger partial charge in [-0.15, -0.1) is 0 Å². The molecule has 0 fully saturated rings. The van der Waals surface area contributed by atoms with Crippen molar-refractivity contribution < 1.29 is 9.90 Å². The number of allylic oxidation sites excluding steroid dienone is 2. The molecule has 0 heterocycles. The highest BCUT2D eigenvalue weighted by atomic mass is 16.3. The molecule has 0 unspecified atom stereocenters. The fourth-order valence-corrected chi connectivity index (χ4v) is 3.12. The number of likely N-dealkylation sites (N-methyl/N-ethyl adjacent to an activating group) is 1. The molecule has 154 valence electrons. The zero-order valence-electron chi connectivity index (χ0n) is 17.7. The second kappa shape index (κ2) is 20.6. The molecule has 1 N–H and O–H groups in total. The van der Waals surface area contributed by atoms with E-state index in [1.807, 2.05) is 11.9 Å². The second-order valence-corrected chi connectivity index (χ2v) is 7.65. The van der Waals surface area contributed by atoms with E-state index < -0.39 is 0 Å². The van der Waals surface area contributed by atoms with E-state index in [0.717, 1.165) is 19.4 Å². The van der Waals surface area contributed by atoms with Gasteiger partial charge in [0.15, 0.2) is 0 Å². The summed E-state index contributed by atoms with van der Waals surface area (Å²) in [5.74, 6) is 0.368. The van der Waals surface area contributed by atoms with Crippen LogP contribution in [0.2, 0.25) is 0 Å². The zero-order valence-corrected chi connectivity index (χ0v) is 17.7. The number of aliphatic hydroxyl groups is 1. The molecule has 0 aromatic heterocycles. The Morgan fingerprint density at radius 3 is 1.88 bits per heavy atom. The number of ketones is 1. The number of hydrogen-bond acceptors (Lipinski definition) is 3. The Balaban J connectivity index is 3.25. The van der Waals surface area contributed by atoms with Crippen LogP contribution < -0.4 is 0 Å². The Morgan fingerprint density at radius 1 is 0.769 bits per heavy atom. The standard InChI is InChI=1S/C23H45NO2/c1-3-4-5-6-7-8-9-10-11-12-13-14-15-16-17-18-23(26)19-20-24(2)21-22-25/h10-11,25H,3-9,12-22H2,1-2H3/b11-10-. The first-order chi connectivity index (χ1) is 12.7. The molecule has 0 rings (SSSR count). The van der Waals surface area contributed by atoms with E-state index in [-0.39, 0.29) is 6.61 Å². The molecule has 0 spiro atoms. The van der Waals surface area contributed by atoms with Gasteiger partial charge in [0.25, 0.3) is 0 Å². The molecule has 0 aliphatic carbocycles. The maximum Gasteiger partial charge on any atom is 0.134 e. The highest BCUT2D eigenvalue weighted by Gasteiger charge is 2.04. The Morgan fingerprint density at radius 2 is 1.31 bits per heavy atom. The number of carbonyl (C=O) groups is 1. The molecule has 0 bridgehead atoms. The minimum absolute atomic E-state index is 0.166. The van der Waals surface area contributed by atoms with Gasteiger partial charge in [-0.25, -0.2) is 0 Å². The number of Topliss-reactive ketones (excluding diaryl/α,β-unsaturated/α-hetero) is 1. The van der Waals surface area contributed by atoms with E-state index >= 15 is 0 Å². The molecule has 0 radical (unpaired) electrons. The number of nitrogens with zero attached hydrogens (tertiary/aromatic N) is 1. The van der Waals surface area contributed by atoms with Crippen molar-refractivity contribution in [3.05, 3.63) is 12.2 Å². The average Bonchev–Trinajstić information content (AvgIpc) is 2.63. The highest BCUT2D eigenvalue weighted by molar-refractivity contribution is 5.78. The van der Waals surface area contributed by atoms with Gasteiger partial charge in [0.2, 0.25) is 0 Å². The molecule has 3 nitrogen and oxygen atoms in total. The monoisotopic (exact) mass is 367 g/mol. The molecule has 0 atom stereocenters. The van der Waals surface area contributed by atoms with Crippen LogP contribution >= 0.6 is 0 Å². The van der Waals surface area contributed by atoms with Crippen LogP contribution in [0, 0.1) is 0 Å². The second-order valence-electron chi connectivity index (χ2n) is 7.65. The largest absolute Gasteiger partial charge is 0.395 e. The topological polar surface area (TPSA) is 40.5 Å². The third-order valence-electron chi connectivity index (χ3n) is 4.97. The number of unbranched alkanes of at least 4 members (excludes halogenated alkanes) is 11. The van der Waals surface area contributed by atoms with Gasteiger partial charge in [0.05, 0.1) is 6.61 Å². The highest BCUT2D eigenvalue weighted by Crippen LogP contribution is 2.10. The smallest absolute Gasteiger partial charge is 0.134 e. The van der Waals surface area contributed by atoms with Crippen LogP contribution in [0.3, 0.4) is 0 Å². The van der Waals surface area contributed by atoms with E-state index in [2.05, 4.69) is 19.1 Å². The molecule has 3 heteroatoms. The van der Waals surface area contributed by atoms with Gasteiger partial charge in [-0.2, -0.15) is 0 Å². The van der Waals surface area contributed by atoms with Crippen LogP contribution in [0.4, 0.5) is 0 Å². The molecule has 0 saturated heterocycles. The predicted molar refractivity (Wildman–Crippen MR) is 114 cm³/mol. The third-order valence-corrected chi connectivity index (χ3v) is 4.97. The first-order valence-corrected chi connectivity index (χ1v) is 11.2. The van der Waals surface area contributed by atoms with Gasteiger partial charge in [0, 0.05) is 25.9 Å². The fraction of sp³-hybridized carbons (Fsp3) is 0.870. The summed E-state index contributed by atoms with van der Waals surface area (Å²) in [5, 5.41) is 8.82. The van der Waals surface area contributed by atoms with E-state index in [1.165, 1.54) is 77.0 Å². The van der Waals surface area contributed by atoms with Gasteiger partial charge in [-0.1, -0.05) is 70.4 Å². The molecule has 0 aliphatic heterocycles. The minimum atomic E-state index is 0.166. The van der Waals surface area contributed by atoms with Crippen molar-refractivity contribution >= 4 is 5.78 Å². The summed E-state index contributed by atoms with van der Waals surface area (Å²) in [5.41, 5.74) is 0. The first kappa shape index (κ1) is 25.3. The summed E-state index contributed by atoms with van der Waals surface area (Å²) < 4.78 is 0. The average molecular weight is 368 g/mol. The van der Waals surface area contributed by atoms with Crippen LogP contribution in [-0.4, -0.2) is 42.5 Å². The SMILES string of the molecule is CCCCCCCC/C=C\CCCCCCCC(=O)CCN(C)CCO. The van der Waals surface area contributed by atoms with E-state index in [0.29, 0.717) is 18.7 Å². The van der Waals surface area contributed by atoms with Crippen molar-refractivity contribution in [2.45, 2.75) is 103 Å². The fourth-order valence-electron chi connectivity index (χ4n) is 3.12. The molecular weight excluding hydrogens is 322 g/mol. The minimum Gasteiger partial charge on any atom is -0.395 e. The molecule has 0 saturated carbocycles. The number of hydrogen-bond donors (Lipinski definition) is 1. The number of aliphatic hydroxyl groups excluding tert-OH is 1. The molecule has 0 aliphatic rings. The molecule has 0 aromatic rings. The van der Waals surface area contributed by atoms with Crippen molar-refractivity contribution in [1.29, 1.82) is 0 Å². The Hall–Kier alpha value is -0.670. The van der Waals surface area contributed by atoms with Crippen LogP contribution in [-0.2, 0) is 4.79 Å². The first-order valence-electron chi connectivity index (χ1n) is 11.2. The summed E-state index contributed by atoms with van der Waals surface area (Å²) in [6.07, 6.45) is 22.9. The van der Waals surface area contributed by atoms with Crippen molar-refractivity contribution in [1.82, 2.24) is 4.90 Å². The summed E-state index contributed by atoms with van der Waals surface area (Å²) in [4.78, 5) is 13.8. The van der Waals surface area contributed by atoms with Crippen LogP contribution in [0.5, 0.6) is 0 Å². The Kier molecular flexibility index (Phi) is 20.1. The van der Waals surface area contributed by atoms with Gasteiger partial charge in [-0.05, 0) is 39.2 Å². The molecule has 0 aromatic carbocycles. The number of carbonyl (C=O) groups excluding carboxylic acids is 1. The number of rotatable bonds is 20. The van der Waals surface area contributed by atoms with E-state index in [1.54, 1.807) is 0 Å². The quantitative estimate of drug-likeness (QED) is 0.215. The van der Waals surface area contributed by atoms with Crippen LogP contribution in [0.1, 0.15) is 103 Å². The van der Waals surface area contributed by atoms with E-state index in [4.69, 9.17) is 5.11 Å². The van der Waals surface area contributed by atoms with Crippen molar-refractivity contribution in [2.75, 3.05) is 26.7 Å². The zero-order chi connectivity index (χ0) is 19.3.